The van der Waals surface area contributed by atoms with Crippen LogP contribution in [0.3, 0.4) is 0 Å². The number of anilines is 1. The molecule has 0 aromatic heterocycles. The summed E-state index contributed by atoms with van der Waals surface area (Å²) in [6.45, 7) is 9.96. The molecule has 1 aromatic rings. The van der Waals surface area contributed by atoms with Crippen LogP contribution < -0.4 is 15.8 Å². The number of halogens is 1. The fraction of sp³-hybridized carbons (Fsp3) is 0.632. The van der Waals surface area contributed by atoms with Crippen LogP contribution in [0.1, 0.15) is 33.6 Å². The van der Waals surface area contributed by atoms with Gasteiger partial charge in [0.05, 0.1) is 13.7 Å². The molecular formula is C19H33IN4O. The summed E-state index contributed by atoms with van der Waals surface area (Å²) >= 11 is 0. The molecule has 6 heteroatoms. The van der Waals surface area contributed by atoms with Gasteiger partial charge in [-0.15, -0.1) is 24.0 Å². The van der Waals surface area contributed by atoms with E-state index in [-0.39, 0.29) is 24.0 Å². The minimum Gasteiger partial charge on any atom is -0.497 e. The smallest absolute Gasteiger partial charge is 0.193 e. The molecule has 0 amide bonds. The number of rotatable bonds is 6. The molecule has 1 heterocycles. The van der Waals surface area contributed by atoms with Gasteiger partial charge in [0.2, 0.25) is 0 Å². The Kier molecular flexibility index (Phi) is 9.56. The second kappa shape index (κ2) is 10.9. The molecule has 1 atom stereocenters. The van der Waals surface area contributed by atoms with E-state index in [2.05, 4.69) is 36.0 Å². The third-order valence-corrected chi connectivity index (χ3v) is 4.87. The Morgan fingerprint density at radius 2 is 1.88 bits per heavy atom. The van der Waals surface area contributed by atoms with E-state index in [1.54, 1.807) is 7.11 Å². The van der Waals surface area contributed by atoms with Gasteiger partial charge in [0, 0.05) is 11.7 Å². The summed E-state index contributed by atoms with van der Waals surface area (Å²) in [5, 5.41) is 3.15. The van der Waals surface area contributed by atoms with E-state index in [0.29, 0.717) is 17.9 Å². The lowest BCUT2D eigenvalue weighted by molar-refractivity contribution is 0.113. The largest absolute Gasteiger partial charge is 0.497 e. The van der Waals surface area contributed by atoms with E-state index in [9.17, 15) is 0 Å². The van der Waals surface area contributed by atoms with Crippen molar-refractivity contribution in [3.05, 3.63) is 24.3 Å². The van der Waals surface area contributed by atoms with Gasteiger partial charge in [-0.05, 0) is 62.0 Å². The van der Waals surface area contributed by atoms with Gasteiger partial charge in [-0.1, -0.05) is 20.8 Å². The van der Waals surface area contributed by atoms with Crippen molar-refractivity contribution in [3.63, 3.8) is 0 Å². The molecule has 5 nitrogen and oxygen atoms in total. The monoisotopic (exact) mass is 460 g/mol. The Morgan fingerprint density at radius 3 is 2.40 bits per heavy atom. The summed E-state index contributed by atoms with van der Waals surface area (Å²) < 4.78 is 5.16. The van der Waals surface area contributed by atoms with Crippen LogP contribution >= 0.6 is 24.0 Å². The molecule has 0 radical (unpaired) electrons. The molecule has 1 aliphatic heterocycles. The number of piperidine rings is 1. The molecule has 2 rings (SSSR count). The molecule has 1 unspecified atom stereocenters. The summed E-state index contributed by atoms with van der Waals surface area (Å²) in [7, 11) is 1.66. The third kappa shape index (κ3) is 7.01. The highest BCUT2D eigenvalue weighted by Gasteiger charge is 2.25. The molecule has 1 aromatic carbocycles. The van der Waals surface area contributed by atoms with Crippen LogP contribution in [0.5, 0.6) is 5.75 Å². The van der Waals surface area contributed by atoms with Crippen LogP contribution in [-0.2, 0) is 0 Å². The average Bonchev–Trinajstić information content (AvgIpc) is 2.57. The zero-order valence-electron chi connectivity index (χ0n) is 15.9. The lowest BCUT2D eigenvalue weighted by Gasteiger charge is -2.38. The molecule has 0 spiro atoms. The number of hydrogen-bond acceptors (Lipinski definition) is 3. The molecule has 25 heavy (non-hydrogen) atoms. The Balaban J connectivity index is 0.00000312. The Bertz CT molecular complexity index is 525. The summed E-state index contributed by atoms with van der Waals surface area (Å²) in [6.07, 6.45) is 2.57. The first-order chi connectivity index (χ1) is 11.5. The Hall–Kier alpha value is -1.02. The van der Waals surface area contributed by atoms with Crippen molar-refractivity contribution in [1.29, 1.82) is 0 Å². The van der Waals surface area contributed by atoms with Gasteiger partial charge in [-0.25, -0.2) is 0 Å². The van der Waals surface area contributed by atoms with Crippen LogP contribution in [0.2, 0.25) is 0 Å². The molecule has 0 aliphatic carbocycles. The number of ether oxygens (including phenoxy) is 1. The van der Waals surface area contributed by atoms with E-state index in [1.807, 2.05) is 24.3 Å². The van der Waals surface area contributed by atoms with E-state index in [0.717, 1.165) is 23.9 Å². The third-order valence-electron chi connectivity index (χ3n) is 4.87. The molecule has 1 fully saturated rings. The molecule has 0 saturated carbocycles. The van der Waals surface area contributed by atoms with Crippen molar-refractivity contribution in [2.24, 2.45) is 22.6 Å². The maximum Gasteiger partial charge on any atom is 0.193 e. The molecule has 1 saturated heterocycles. The second-order valence-electron chi connectivity index (χ2n) is 7.11. The van der Waals surface area contributed by atoms with Crippen LogP contribution in [0.25, 0.3) is 0 Å². The van der Waals surface area contributed by atoms with E-state index < -0.39 is 0 Å². The minimum absolute atomic E-state index is 0. The Labute approximate surface area is 169 Å². The summed E-state index contributed by atoms with van der Waals surface area (Å²) in [6, 6.07) is 8.14. The maximum atomic E-state index is 6.07. The SMILES string of the molecule is COc1ccc(NC(N)=NCC(C(C)C)N2CCC(C)CC2)cc1.I. The molecule has 142 valence electrons. The Morgan fingerprint density at radius 1 is 1.28 bits per heavy atom. The number of hydrogen-bond donors (Lipinski definition) is 2. The topological polar surface area (TPSA) is 62.9 Å². The van der Waals surface area contributed by atoms with Crippen molar-refractivity contribution in [3.8, 4) is 5.75 Å². The number of nitrogens with one attached hydrogen (secondary N) is 1. The second-order valence-corrected chi connectivity index (χ2v) is 7.11. The average molecular weight is 460 g/mol. The lowest BCUT2D eigenvalue weighted by Crippen LogP contribution is -2.45. The van der Waals surface area contributed by atoms with Gasteiger partial charge in [-0.3, -0.25) is 9.89 Å². The van der Waals surface area contributed by atoms with Crippen LogP contribution in [-0.4, -0.2) is 43.6 Å². The predicted molar refractivity (Wildman–Crippen MR) is 117 cm³/mol. The summed E-state index contributed by atoms with van der Waals surface area (Å²) in [4.78, 5) is 7.17. The summed E-state index contributed by atoms with van der Waals surface area (Å²) in [5.41, 5.74) is 6.99. The number of aliphatic imine (C=N–C) groups is 1. The fourth-order valence-corrected chi connectivity index (χ4v) is 3.16. The highest BCUT2D eigenvalue weighted by Crippen LogP contribution is 2.21. The van der Waals surface area contributed by atoms with Crippen molar-refractivity contribution in [2.75, 3.05) is 32.1 Å². The van der Waals surface area contributed by atoms with Gasteiger partial charge in [0.1, 0.15) is 5.75 Å². The zero-order chi connectivity index (χ0) is 17.5. The first-order valence-corrected chi connectivity index (χ1v) is 8.94. The zero-order valence-corrected chi connectivity index (χ0v) is 18.2. The number of likely N-dealkylation sites (tertiary alicyclic amines) is 1. The fourth-order valence-electron chi connectivity index (χ4n) is 3.16. The quantitative estimate of drug-likeness (QED) is 0.385. The molecule has 1 aliphatic rings. The standard InChI is InChI=1S/C19H32N4O.HI/c1-14(2)18(23-11-9-15(3)10-12-23)13-21-19(20)22-16-5-7-17(24-4)8-6-16;/h5-8,14-15,18H,9-13H2,1-4H3,(H3,20,21,22);1H. The van der Waals surface area contributed by atoms with Crippen LogP contribution in [0, 0.1) is 11.8 Å². The van der Waals surface area contributed by atoms with Gasteiger partial charge in [0.25, 0.3) is 0 Å². The number of nitrogens with zero attached hydrogens (tertiary/aromatic N) is 2. The van der Waals surface area contributed by atoms with Crippen molar-refractivity contribution < 1.29 is 4.74 Å². The number of guanidine groups is 1. The van der Waals surface area contributed by atoms with Gasteiger partial charge >= 0.3 is 0 Å². The lowest BCUT2D eigenvalue weighted by atomic mass is 9.94. The van der Waals surface area contributed by atoms with Crippen LogP contribution in [0.4, 0.5) is 5.69 Å². The number of benzene rings is 1. The first-order valence-electron chi connectivity index (χ1n) is 8.94. The normalized spacial score (nSPS) is 17.9. The van der Waals surface area contributed by atoms with E-state index >= 15 is 0 Å². The molecule has 0 bridgehead atoms. The predicted octanol–water partition coefficient (Wildman–Crippen LogP) is 3.80. The first kappa shape index (κ1) is 22.0. The van der Waals surface area contributed by atoms with Gasteiger partial charge in [0.15, 0.2) is 5.96 Å². The minimum atomic E-state index is 0. The van der Waals surface area contributed by atoms with E-state index in [1.165, 1.54) is 25.9 Å². The number of nitrogens with two attached hydrogens (primary N) is 1. The molecule has 3 N–H and O–H groups in total. The van der Waals surface area contributed by atoms with Gasteiger partial charge < -0.3 is 15.8 Å². The molecular weight excluding hydrogens is 427 g/mol. The number of methoxy groups -OCH3 is 1. The van der Waals surface area contributed by atoms with Gasteiger partial charge in [-0.2, -0.15) is 0 Å². The highest BCUT2D eigenvalue weighted by atomic mass is 127. The summed E-state index contributed by atoms with van der Waals surface area (Å²) in [5.74, 6) is 2.71. The van der Waals surface area contributed by atoms with Crippen LogP contribution in [0.15, 0.2) is 29.3 Å². The highest BCUT2D eigenvalue weighted by molar-refractivity contribution is 14.0. The maximum absolute atomic E-state index is 6.07. The van der Waals surface area contributed by atoms with Crippen molar-refractivity contribution in [2.45, 2.75) is 39.7 Å². The van der Waals surface area contributed by atoms with Crippen molar-refractivity contribution >= 4 is 35.6 Å². The van der Waals surface area contributed by atoms with Crippen molar-refractivity contribution in [1.82, 2.24) is 4.90 Å². The van der Waals surface area contributed by atoms with E-state index in [4.69, 9.17) is 10.5 Å².